The molecular weight excluding hydrogens is 388 g/mol. The number of thiazole rings is 1. The maximum Gasteiger partial charge on any atom is 0.251 e. The summed E-state index contributed by atoms with van der Waals surface area (Å²) < 4.78 is 15.9. The number of aryl methyl sites for hydroxylation is 1. The summed E-state index contributed by atoms with van der Waals surface area (Å²) in [6.45, 7) is 2.52. The maximum atomic E-state index is 12.5. The lowest BCUT2D eigenvalue weighted by Crippen LogP contribution is -2.25. The summed E-state index contributed by atoms with van der Waals surface area (Å²) in [4.78, 5) is 17.0. The molecule has 0 radical (unpaired) electrons. The van der Waals surface area contributed by atoms with Gasteiger partial charge in [0.05, 0.1) is 32.0 Å². The number of hydrogen-bond donors (Lipinski definition) is 1. The SMILES string of the molecule is COc1cc(C(=O)NCCc2ccc(-c3csc(C)n3)cc2)cc(OC)c1OC. The Kier molecular flexibility index (Phi) is 6.72. The van der Waals surface area contributed by atoms with Crippen molar-refractivity contribution in [2.75, 3.05) is 27.9 Å². The zero-order valence-electron chi connectivity index (χ0n) is 16.9. The van der Waals surface area contributed by atoms with Crippen molar-refractivity contribution < 1.29 is 19.0 Å². The summed E-state index contributed by atoms with van der Waals surface area (Å²) in [5.74, 6) is 1.16. The molecule has 3 rings (SSSR count). The lowest BCUT2D eigenvalue weighted by atomic mass is 10.1. The fraction of sp³-hybridized carbons (Fsp3) is 0.273. The quantitative estimate of drug-likeness (QED) is 0.603. The van der Waals surface area contributed by atoms with Gasteiger partial charge >= 0.3 is 0 Å². The standard InChI is InChI=1S/C22H24N2O4S/c1-14-24-18(13-29-14)16-7-5-15(6-8-16)9-10-23-22(25)17-11-19(26-2)21(28-4)20(12-17)27-3/h5-8,11-13H,9-10H2,1-4H3,(H,23,25). The van der Waals surface area contributed by atoms with Crippen LogP contribution in [0.3, 0.4) is 0 Å². The van der Waals surface area contributed by atoms with E-state index >= 15 is 0 Å². The molecule has 3 aromatic rings. The van der Waals surface area contributed by atoms with E-state index in [1.54, 1.807) is 23.5 Å². The van der Waals surface area contributed by atoms with E-state index in [1.807, 2.05) is 6.92 Å². The Labute approximate surface area is 174 Å². The van der Waals surface area contributed by atoms with Crippen molar-refractivity contribution in [2.24, 2.45) is 0 Å². The molecule has 7 heteroatoms. The number of carbonyl (C=O) groups excluding carboxylic acids is 1. The Balaban J connectivity index is 1.61. The number of carbonyl (C=O) groups is 1. The second kappa shape index (κ2) is 9.43. The largest absolute Gasteiger partial charge is 0.493 e. The molecule has 0 saturated carbocycles. The van der Waals surface area contributed by atoms with Crippen LogP contribution in [0.5, 0.6) is 17.2 Å². The van der Waals surface area contributed by atoms with E-state index < -0.39 is 0 Å². The minimum atomic E-state index is -0.196. The van der Waals surface area contributed by atoms with Gasteiger partial charge in [0, 0.05) is 23.1 Å². The Bertz CT molecular complexity index is 958. The number of rotatable bonds is 8. The Morgan fingerprint density at radius 3 is 2.21 bits per heavy atom. The molecule has 0 bridgehead atoms. The van der Waals surface area contributed by atoms with Crippen LogP contribution in [0.4, 0.5) is 0 Å². The average molecular weight is 413 g/mol. The third kappa shape index (κ3) is 4.86. The zero-order valence-corrected chi connectivity index (χ0v) is 17.8. The number of amides is 1. The minimum Gasteiger partial charge on any atom is -0.493 e. The summed E-state index contributed by atoms with van der Waals surface area (Å²) in [6, 6.07) is 11.5. The Morgan fingerprint density at radius 2 is 1.69 bits per heavy atom. The van der Waals surface area contributed by atoms with Gasteiger partial charge in [-0.1, -0.05) is 24.3 Å². The first-order valence-electron chi connectivity index (χ1n) is 9.15. The highest BCUT2D eigenvalue weighted by Crippen LogP contribution is 2.38. The highest BCUT2D eigenvalue weighted by atomic mass is 32.1. The molecule has 1 aromatic heterocycles. The fourth-order valence-corrected chi connectivity index (χ4v) is 3.59. The molecule has 152 valence electrons. The second-order valence-corrected chi connectivity index (χ2v) is 7.43. The summed E-state index contributed by atoms with van der Waals surface area (Å²) in [6.07, 6.45) is 0.729. The normalized spacial score (nSPS) is 10.5. The number of aromatic nitrogens is 1. The minimum absolute atomic E-state index is 0.196. The summed E-state index contributed by atoms with van der Waals surface area (Å²) >= 11 is 1.64. The molecule has 1 N–H and O–H groups in total. The third-order valence-corrected chi connectivity index (χ3v) is 5.27. The number of nitrogens with zero attached hydrogens (tertiary/aromatic N) is 1. The second-order valence-electron chi connectivity index (χ2n) is 6.37. The number of benzene rings is 2. The molecule has 0 spiro atoms. The van der Waals surface area contributed by atoms with Gasteiger partial charge in [0.2, 0.25) is 5.75 Å². The Morgan fingerprint density at radius 1 is 1.03 bits per heavy atom. The van der Waals surface area contributed by atoms with Gasteiger partial charge in [0.25, 0.3) is 5.91 Å². The van der Waals surface area contributed by atoms with Crippen LogP contribution >= 0.6 is 11.3 Å². The molecule has 0 atom stereocenters. The first kappa shape index (κ1) is 20.7. The summed E-state index contributed by atoms with van der Waals surface area (Å²) in [7, 11) is 4.58. The molecule has 29 heavy (non-hydrogen) atoms. The average Bonchev–Trinajstić information content (AvgIpc) is 3.19. The van der Waals surface area contributed by atoms with Gasteiger partial charge in [-0.15, -0.1) is 11.3 Å². The molecule has 0 aliphatic rings. The predicted molar refractivity (Wildman–Crippen MR) is 114 cm³/mol. The van der Waals surface area contributed by atoms with Gasteiger partial charge < -0.3 is 19.5 Å². The highest BCUT2D eigenvalue weighted by Gasteiger charge is 2.16. The first-order chi connectivity index (χ1) is 14.0. The van der Waals surface area contributed by atoms with Gasteiger partial charge in [-0.05, 0) is 31.0 Å². The van der Waals surface area contributed by atoms with Crippen molar-refractivity contribution in [3.05, 3.63) is 57.9 Å². The van der Waals surface area contributed by atoms with Gasteiger partial charge in [0.1, 0.15) is 0 Å². The molecular formula is C22H24N2O4S. The lowest BCUT2D eigenvalue weighted by molar-refractivity contribution is 0.0953. The zero-order chi connectivity index (χ0) is 20.8. The van der Waals surface area contributed by atoms with E-state index in [-0.39, 0.29) is 5.91 Å². The molecule has 1 amide bonds. The van der Waals surface area contributed by atoms with Crippen molar-refractivity contribution in [3.63, 3.8) is 0 Å². The molecule has 2 aromatic carbocycles. The van der Waals surface area contributed by atoms with E-state index in [9.17, 15) is 4.79 Å². The number of nitrogens with one attached hydrogen (secondary N) is 1. The van der Waals surface area contributed by atoms with E-state index in [1.165, 1.54) is 21.3 Å². The van der Waals surface area contributed by atoms with Crippen LogP contribution in [0.15, 0.2) is 41.8 Å². The lowest BCUT2D eigenvalue weighted by Gasteiger charge is -2.14. The van der Waals surface area contributed by atoms with Crippen LogP contribution in [0.25, 0.3) is 11.3 Å². The molecule has 0 aliphatic carbocycles. The summed E-state index contributed by atoms with van der Waals surface area (Å²) in [5, 5.41) is 6.05. The molecule has 0 fully saturated rings. The van der Waals surface area contributed by atoms with Crippen LogP contribution in [-0.4, -0.2) is 38.8 Å². The number of ether oxygens (including phenoxy) is 3. The summed E-state index contributed by atoms with van der Waals surface area (Å²) in [5.41, 5.74) is 3.69. The van der Waals surface area contributed by atoms with Crippen LogP contribution < -0.4 is 19.5 Å². The fourth-order valence-electron chi connectivity index (χ4n) is 2.97. The van der Waals surface area contributed by atoms with Gasteiger partial charge in [-0.2, -0.15) is 0 Å². The van der Waals surface area contributed by atoms with Gasteiger partial charge in [-0.3, -0.25) is 4.79 Å². The van der Waals surface area contributed by atoms with E-state index in [4.69, 9.17) is 14.2 Å². The molecule has 0 unspecified atom stereocenters. The topological polar surface area (TPSA) is 69.7 Å². The highest BCUT2D eigenvalue weighted by molar-refractivity contribution is 7.09. The third-order valence-electron chi connectivity index (χ3n) is 4.49. The maximum absolute atomic E-state index is 12.5. The molecule has 1 heterocycles. The predicted octanol–water partition coefficient (Wildman–Crippen LogP) is 4.12. The van der Waals surface area contributed by atoms with Crippen molar-refractivity contribution >= 4 is 17.2 Å². The van der Waals surface area contributed by atoms with E-state index in [0.29, 0.717) is 29.4 Å². The monoisotopic (exact) mass is 412 g/mol. The first-order valence-corrected chi connectivity index (χ1v) is 10.0. The number of methoxy groups -OCH3 is 3. The number of hydrogen-bond acceptors (Lipinski definition) is 6. The molecule has 0 saturated heterocycles. The van der Waals surface area contributed by atoms with Crippen LogP contribution in [0.1, 0.15) is 20.9 Å². The van der Waals surface area contributed by atoms with Gasteiger partial charge in [-0.25, -0.2) is 4.98 Å². The Hall–Kier alpha value is -3.06. The van der Waals surface area contributed by atoms with Gasteiger partial charge in [0.15, 0.2) is 11.5 Å². The van der Waals surface area contributed by atoms with Crippen molar-refractivity contribution in [1.82, 2.24) is 10.3 Å². The van der Waals surface area contributed by atoms with Crippen LogP contribution in [0, 0.1) is 6.92 Å². The molecule has 6 nitrogen and oxygen atoms in total. The molecule has 0 aliphatic heterocycles. The van der Waals surface area contributed by atoms with E-state index in [2.05, 4.69) is 39.9 Å². The smallest absolute Gasteiger partial charge is 0.251 e. The van der Waals surface area contributed by atoms with Crippen LogP contribution in [0.2, 0.25) is 0 Å². The van der Waals surface area contributed by atoms with Crippen molar-refractivity contribution in [3.8, 4) is 28.5 Å². The van der Waals surface area contributed by atoms with Crippen molar-refractivity contribution in [2.45, 2.75) is 13.3 Å². The van der Waals surface area contributed by atoms with Crippen molar-refractivity contribution in [1.29, 1.82) is 0 Å². The van der Waals surface area contributed by atoms with Crippen LogP contribution in [-0.2, 0) is 6.42 Å². The van der Waals surface area contributed by atoms with E-state index in [0.717, 1.165) is 28.2 Å².